The predicted octanol–water partition coefficient (Wildman–Crippen LogP) is 3.86. The van der Waals surface area contributed by atoms with Gasteiger partial charge in [-0.25, -0.2) is 9.37 Å². The molecule has 2 aromatic heterocycles. The highest BCUT2D eigenvalue weighted by molar-refractivity contribution is 5.96. The van der Waals surface area contributed by atoms with Gasteiger partial charge in [-0.3, -0.25) is 4.79 Å². The van der Waals surface area contributed by atoms with Crippen LogP contribution in [-0.4, -0.2) is 34.3 Å². The van der Waals surface area contributed by atoms with Crippen molar-refractivity contribution >= 4 is 11.6 Å². The molecule has 1 amide bonds. The van der Waals surface area contributed by atoms with Crippen LogP contribution in [0.3, 0.4) is 0 Å². The van der Waals surface area contributed by atoms with E-state index in [1.807, 2.05) is 24.4 Å². The van der Waals surface area contributed by atoms with Crippen molar-refractivity contribution in [2.45, 2.75) is 32.8 Å². The van der Waals surface area contributed by atoms with Crippen molar-refractivity contribution in [2.24, 2.45) is 0 Å². The van der Waals surface area contributed by atoms with Crippen LogP contribution >= 0.6 is 0 Å². The highest BCUT2D eigenvalue weighted by Gasteiger charge is 2.30. The number of aryl methyl sites for hydroxylation is 2. The predicted molar refractivity (Wildman–Crippen MR) is 101 cm³/mol. The van der Waals surface area contributed by atoms with Gasteiger partial charge in [-0.1, -0.05) is 12.1 Å². The lowest BCUT2D eigenvalue weighted by atomic mass is 9.94. The van der Waals surface area contributed by atoms with Crippen molar-refractivity contribution in [2.75, 3.05) is 14.1 Å². The standard InChI is InChI=1S/C21H22FN3O2/c1-12-13(2)25-11-17(21(26)24(3)4)16-9-10-18(27-19(16)20(25)23-12)14-5-7-15(22)8-6-14/h5-8,11,18H,9-10H2,1-4H3/t18-/m1/s1. The van der Waals surface area contributed by atoms with Crippen molar-refractivity contribution in [1.82, 2.24) is 14.3 Å². The number of carbonyl (C=O) groups excluding carboxylic acids is 1. The third kappa shape index (κ3) is 2.85. The van der Waals surface area contributed by atoms with Crippen LogP contribution in [0.15, 0.2) is 30.5 Å². The van der Waals surface area contributed by atoms with E-state index in [9.17, 15) is 9.18 Å². The molecule has 0 spiro atoms. The normalized spacial score (nSPS) is 16.1. The second-order valence-corrected chi connectivity index (χ2v) is 7.22. The van der Waals surface area contributed by atoms with Gasteiger partial charge >= 0.3 is 0 Å². The highest BCUT2D eigenvalue weighted by atomic mass is 19.1. The van der Waals surface area contributed by atoms with E-state index in [1.54, 1.807) is 31.1 Å². The minimum atomic E-state index is -0.268. The molecule has 27 heavy (non-hydrogen) atoms. The summed E-state index contributed by atoms with van der Waals surface area (Å²) in [7, 11) is 3.49. The van der Waals surface area contributed by atoms with Crippen LogP contribution in [0.25, 0.3) is 5.65 Å². The van der Waals surface area contributed by atoms with Gasteiger partial charge in [0, 0.05) is 31.5 Å². The Hall–Kier alpha value is -2.89. The van der Waals surface area contributed by atoms with Gasteiger partial charge in [0.2, 0.25) is 0 Å². The second-order valence-electron chi connectivity index (χ2n) is 7.22. The highest BCUT2D eigenvalue weighted by Crippen LogP contribution is 2.40. The largest absolute Gasteiger partial charge is 0.481 e. The van der Waals surface area contributed by atoms with Crippen LogP contribution in [0, 0.1) is 19.7 Å². The number of amides is 1. The minimum absolute atomic E-state index is 0.0530. The molecule has 6 heteroatoms. The second kappa shape index (κ2) is 6.37. The molecule has 0 fully saturated rings. The number of hydrogen-bond donors (Lipinski definition) is 0. The van der Waals surface area contributed by atoms with E-state index in [0.29, 0.717) is 17.7 Å². The van der Waals surface area contributed by atoms with Crippen LogP contribution in [0.4, 0.5) is 4.39 Å². The number of rotatable bonds is 2. The fraction of sp³-hybridized carbons (Fsp3) is 0.333. The van der Waals surface area contributed by atoms with Crippen LogP contribution in [0.2, 0.25) is 0 Å². The average Bonchev–Trinajstić information content (AvgIpc) is 2.95. The first kappa shape index (κ1) is 17.5. The Kier molecular flexibility index (Phi) is 4.13. The quantitative estimate of drug-likeness (QED) is 0.691. The molecule has 0 saturated carbocycles. The molecule has 0 radical (unpaired) electrons. The zero-order valence-corrected chi connectivity index (χ0v) is 15.9. The molecular formula is C21H22FN3O2. The molecular weight excluding hydrogens is 345 g/mol. The number of benzene rings is 1. The van der Waals surface area contributed by atoms with E-state index in [0.717, 1.165) is 34.6 Å². The first-order chi connectivity index (χ1) is 12.9. The summed E-state index contributed by atoms with van der Waals surface area (Å²) in [5.74, 6) is 0.331. The number of carbonyl (C=O) groups is 1. The minimum Gasteiger partial charge on any atom is -0.481 e. The summed E-state index contributed by atoms with van der Waals surface area (Å²) < 4.78 is 21.5. The van der Waals surface area contributed by atoms with Crippen molar-refractivity contribution in [3.63, 3.8) is 0 Å². The Morgan fingerprint density at radius 3 is 2.63 bits per heavy atom. The van der Waals surface area contributed by atoms with Crippen molar-refractivity contribution in [3.8, 4) is 5.75 Å². The van der Waals surface area contributed by atoms with Crippen molar-refractivity contribution in [3.05, 3.63) is 64.4 Å². The summed E-state index contributed by atoms with van der Waals surface area (Å²) >= 11 is 0. The van der Waals surface area contributed by atoms with Crippen LogP contribution in [0.1, 0.15) is 45.4 Å². The molecule has 3 heterocycles. The summed E-state index contributed by atoms with van der Waals surface area (Å²) in [6.45, 7) is 3.92. The molecule has 0 aliphatic carbocycles. The number of ether oxygens (including phenoxy) is 1. The Labute approximate surface area is 157 Å². The van der Waals surface area contributed by atoms with Gasteiger partial charge in [-0.05, 0) is 44.4 Å². The number of fused-ring (bicyclic) bond motifs is 3. The topological polar surface area (TPSA) is 46.8 Å². The lowest BCUT2D eigenvalue weighted by molar-refractivity contribution is 0.0823. The number of nitrogens with zero attached hydrogens (tertiary/aromatic N) is 3. The van der Waals surface area contributed by atoms with Crippen LogP contribution in [0.5, 0.6) is 5.75 Å². The van der Waals surface area contributed by atoms with Gasteiger partial charge in [-0.15, -0.1) is 0 Å². The number of imidazole rings is 1. The van der Waals surface area contributed by atoms with Gasteiger partial charge in [-0.2, -0.15) is 0 Å². The lowest BCUT2D eigenvalue weighted by Gasteiger charge is -2.28. The van der Waals surface area contributed by atoms with Gasteiger partial charge in [0.15, 0.2) is 11.4 Å². The molecule has 1 aromatic carbocycles. The van der Waals surface area contributed by atoms with E-state index in [1.165, 1.54) is 12.1 Å². The maximum absolute atomic E-state index is 13.3. The first-order valence-electron chi connectivity index (χ1n) is 9.01. The van der Waals surface area contributed by atoms with E-state index >= 15 is 0 Å². The zero-order chi connectivity index (χ0) is 19.3. The zero-order valence-electron chi connectivity index (χ0n) is 15.9. The van der Waals surface area contributed by atoms with Crippen molar-refractivity contribution in [1.29, 1.82) is 0 Å². The third-order valence-electron chi connectivity index (χ3n) is 5.24. The summed E-state index contributed by atoms with van der Waals surface area (Å²) in [6.07, 6.45) is 3.10. The molecule has 1 atom stereocenters. The number of pyridine rings is 1. The van der Waals surface area contributed by atoms with E-state index in [4.69, 9.17) is 4.74 Å². The molecule has 0 N–H and O–H groups in total. The Balaban J connectivity index is 1.87. The molecule has 4 rings (SSSR count). The SMILES string of the molecule is Cc1nc2c3c(c(C(=O)N(C)C)cn2c1C)CC[C@H](c1ccc(F)cc1)O3. The Morgan fingerprint density at radius 1 is 1.26 bits per heavy atom. The maximum atomic E-state index is 13.3. The van der Waals surface area contributed by atoms with Crippen LogP contribution < -0.4 is 4.74 Å². The fourth-order valence-corrected chi connectivity index (χ4v) is 3.60. The van der Waals surface area contributed by atoms with Crippen molar-refractivity contribution < 1.29 is 13.9 Å². The molecule has 140 valence electrons. The number of halogens is 1. The summed E-state index contributed by atoms with van der Waals surface area (Å²) in [5, 5.41) is 0. The first-order valence-corrected chi connectivity index (χ1v) is 9.01. The Morgan fingerprint density at radius 2 is 1.96 bits per heavy atom. The van der Waals surface area contributed by atoms with Gasteiger partial charge in [0.1, 0.15) is 11.9 Å². The molecule has 3 aromatic rings. The average molecular weight is 367 g/mol. The lowest BCUT2D eigenvalue weighted by Crippen LogP contribution is -2.26. The molecule has 0 unspecified atom stereocenters. The molecule has 1 aliphatic heterocycles. The molecule has 1 aliphatic rings. The van der Waals surface area contributed by atoms with Gasteiger partial charge < -0.3 is 14.0 Å². The fourth-order valence-electron chi connectivity index (χ4n) is 3.60. The summed E-state index contributed by atoms with van der Waals surface area (Å²) in [5.41, 5.74) is 5.06. The van der Waals surface area contributed by atoms with Gasteiger partial charge in [0.25, 0.3) is 5.91 Å². The van der Waals surface area contributed by atoms with E-state index < -0.39 is 0 Å². The van der Waals surface area contributed by atoms with E-state index in [-0.39, 0.29) is 17.8 Å². The maximum Gasteiger partial charge on any atom is 0.255 e. The van der Waals surface area contributed by atoms with Gasteiger partial charge in [0.05, 0.1) is 11.3 Å². The van der Waals surface area contributed by atoms with Crippen LogP contribution in [-0.2, 0) is 6.42 Å². The smallest absolute Gasteiger partial charge is 0.255 e. The summed E-state index contributed by atoms with van der Waals surface area (Å²) in [4.78, 5) is 19.0. The third-order valence-corrected chi connectivity index (χ3v) is 5.24. The monoisotopic (exact) mass is 367 g/mol. The number of aromatic nitrogens is 2. The summed E-state index contributed by atoms with van der Waals surface area (Å²) in [6, 6.07) is 6.39. The molecule has 0 saturated heterocycles. The Bertz CT molecular complexity index is 1040. The molecule has 5 nitrogen and oxygen atoms in total. The number of hydrogen-bond acceptors (Lipinski definition) is 3. The van der Waals surface area contributed by atoms with E-state index in [2.05, 4.69) is 4.98 Å². The molecule has 0 bridgehead atoms.